The van der Waals surface area contributed by atoms with Crippen LogP contribution in [0.2, 0.25) is 0 Å². The molecule has 0 fully saturated rings. The Kier molecular flexibility index (Phi) is 5.98. The Bertz CT molecular complexity index is 1070. The molecule has 2 aromatic carbocycles. The van der Waals surface area contributed by atoms with E-state index in [2.05, 4.69) is 22.9 Å². The molecule has 0 saturated carbocycles. The maximum atomic E-state index is 12.2. The van der Waals surface area contributed by atoms with Crippen LogP contribution in [-0.2, 0) is 39.1 Å². The van der Waals surface area contributed by atoms with Gasteiger partial charge in [0.2, 0.25) is 10.0 Å². The highest BCUT2D eigenvalue weighted by molar-refractivity contribution is 7.92. The lowest BCUT2D eigenvalue weighted by Gasteiger charge is -2.12. The first-order chi connectivity index (χ1) is 13.1. The minimum Gasteiger partial charge on any atom is -0.229 e. The molecule has 0 saturated heterocycles. The molecule has 0 aromatic heterocycles. The van der Waals surface area contributed by atoms with Crippen LogP contribution in [0.3, 0.4) is 0 Å². The number of sulfonamides is 1. The van der Waals surface area contributed by atoms with Crippen molar-refractivity contribution in [3.05, 3.63) is 64.7 Å². The van der Waals surface area contributed by atoms with Crippen molar-refractivity contribution in [1.29, 1.82) is 0 Å². The SMILES string of the molecule is CNS(=O)(=O)c1cccc(Cc2ccc3c(c2)C[C@@H](CS(=O)(=O)C(C)C)C3)c1. The van der Waals surface area contributed by atoms with Crippen molar-refractivity contribution in [2.75, 3.05) is 12.8 Å². The lowest BCUT2D eigenvalue weighted by atomic mass is 10.0. The molecular weight excluding hydrogens is 394 g/mol. The molecule has 0 unspecified atom stereocenters. The number of benzene rings is 2. The number of hydrogen-bond donors (Lipinski definition) is 1. The van der Waals surface area contributed by atoms with Crippen LogP contribution in [0.1, 0.15) is 36.1 Å². The van der Waals surface area contributed by atoms with Crippen molar-refractivity contribution in [3.8, 4) is 0 Å². The maximum Gasteiger partial charge on any atom is 0.240 e. The van der Waals surface area contributed by atoms with Crippen LogP contribution in [0.5, 0.6) is 0 Å². The van der Waals surface area contributed by atoms with E-state index in [9.17, 15) is 16.8 Å². The van der Waals surface area contributed by atoms with Gasteiger partial charge in [-0.05, 0) is 80.5 Å². The smallest absolute Gasteiger partial charge is 0.229 e. The Hall–Kier alpha value is -1.70. The molecule has 3 rings (SSSR count). The van der Waals surface area contributed by atoms with E-state index in [4.69, 9.17) is 0 Å². The molecule has 0 radical (unpaired) electrons. The molecule has 0 spiro atoms. The van der Waals surface area contributed by atoms with E-state index in [1.54, 1.807) is 32.0 Å². The van der Waals surface area contributed by atoms with Crippen molar-refractivity contribution in [2.24, 2.45) is 5.92 Å². The Labute approximate surface area is 168 Å². The normalized spacial score (nSPS) is 17.1. The molecule has 1 atom stereocenters. The Morgan fingerprint density at radius 1 is 0.964 bits per heavy atom. The summed E-state index contributed by atoms with van der Waals surface area (Å²) in [7, 11) is -5.10. The van der Waals surface area contributed by atoms with Crippen LogP contribution in [0.15, 0.2) is 47.4 Å². The van der Waals surface area contributed by atoms with Gasteiger partial charge in [0.25, 0.3) is 0 Å². The minimum atomic E-state index is -3.46. The molecule has 5 nitrogen and oxygen atoms in total. The average molecular weight is 422 g/mol. The highest BCUT2D eigenvalue weighted by atomic mass is 32.2. The van der Waals surface area contributed by atoms with E-state index in [1.165, 1.54) is 18.2 Å². The molecule has 0 amide bonds. The van der Waals surface area contributed by atoms with Gasteiger partial charge < -0.3 is 0 Å². The molecule has 28 heavy (non-hydrogen) atoms. The topological polar surface area (TPSA) is 80.3 Å². The van der Waals surface area contributed by atoms with Crippen LogP contribution in [0.4, 0.5) is 0 Å². The predicted octanol–water partition coefficient (Wildman–Crippen LogP) is 2.72. The fourth-order valence-electron chi connectivity index (χ4n) is 3.69. The third-order valence-corrected chi connectivity index (χ3v) is 9.14. The zero-order valence-electron chi connectivity index (χ0n) is 16.5. The van der Waals surface area contributed by atoms with E-state index < -0.39 is 19.9 Å². The van der Waals surface area contributed by atoms with Gasteiger partial charge in [-0.3, -0.25) is 0 Å². The van der Waals surface area contributed by atoms with E-state index in [0.717, 1.165) is 24.0 Å². The van der Waals surface area contributed by atoms with Crippen LogP contribution >= 0.6 is 0 Å². The molecule has 2 aromatic rings. The van der Waals surface area contributed by atoms with E-state index in [1.807, 2.05) is 6.07 Å². The summed E-state index contributed by atoms with van der Waals surface area (Å²) in [4.78, 5) is 0.257. The summed E-state index contributed by atoms with van der Waals surface area (Å²) in [6, 6.07) is 13.2. The second-order valence-corrected chi connectivity index (χ2v) is 12.3. The lowest BCUT2D eigenvalue weighted by Crippen LogP contribution is -2.23. The Morgan fingerprint density at radius 3 is 2.32 bits per heavy atom. The van der Waals surface area contributed by atoms with Crippen molar-refractivity contribution in [1.82, 2.24) is 4.72 Å². The summed E-state index contributed by atoms with van der Waals surface area (Å²) in [5.74, 6) is 0.375. The molecular formula is C21H27NO4S2. The first-order valence-corrected chi connectivity index (χ1v) is 12.7. The summed E-state index contributed by atoms with van der Waals surface area (Å²) < 4.78 is 50.8. The van der Waals surface area contributed by atoms with Gasteiger partial charge >= 0.3 is 0 Å². The van der Waals surface area contributed by atoms with Gasteiger partial charge in [0.1, 0.15) is 0 Å². The third kappa shape index (κ3) is 4.64. The van der Waals surface area contributed by atoms with E-state index >= 15 is 0 Å². The molecule has 1 aliphatic carbocycles. The maximum absolute atomic E-state index is 12.2. The second kappa shape index (κ2) is 7.97. The fraction of sp³-hybridized carbons (Fsp3) is 0.429. The second-order valence-electron chi connectivity index (χ2n) is 7.79. The highest BCUT2D eigenvalue weighted by Crippen LogP contribution is 2.30. The van der Waals surface area contributed by atoms with Gasteiger partial charge in [-0.15, -0.1) is 0 Å². The van der Waals surface area contributed by atoms with Crippen LogP contribution in [-0.4, -0.2) is 34.9 Å². The Balaban J connectivity index is 1.75. The Morgan fingerprint density at radius 2 is 1.64 bits per heavy atom. The minimum absolute atomic E-state index is 0.141. The molecule has 1 N–H and O–H groups in total. The molecule has 1 aliphatic rings. The first-order valence-electron chi connectivity index (χ1n) is 9.45. The van der Waals surface area contributed by atoms with Gasteiger partial charge in [0.15, 0.2) is 9.84 Å². The van der Waals surface area contributed by atoms with Gasteiger partial charge in [-0.25, -0.2) is 21.6 Å². The van der Waals surface area contributed by atoms with Gasteiger partial charge in [-0.2, -0.15) is 0 Å². The predicted molar refractivity (Wildman–Crippen MR) is 112 cm³/mol. The van der Waals surface area contributed by atoms with Crippen molar-refractivity contribution in [3.63, 3.8) is 0 Å². The highest BCUT2D eigenvalue weighted by Gasteiger charge is 2.28. The number of fused-ring (bicyclic) bond motifs is 1. The van der Waals surface area contributed by atoms with Crippen LogP contribution in [0.25, 0.3) is 0 Å². The third-order valence-electron chi connectivity index (χ3n) is 5.36. The molecule has 152 valence electrons. The summed E-state index contributed by atoms with van der Waals surface area (Å²) in [5.41, 5.74) is 4.46. The summed E-state index contributed by atoms with van der Waals surface area (Å²) in [6.07, 6.45) is 2.22. The van der Waals surface area contributed by atoms with Gasteiger partial charge in [0, 0.05) is 0 Å². The van der Waals surface area contributed by atoms with Crippen LogP contribution < -0.4 is 4.72 Å². The first kappa shape index (κ1) is 21.0. The number of hydrogen-bond acceptors (Lipinski definition) is 4. The number of rotatable bonds is 7. The fourth-order valence-corrected chi connectivity index (χ4v) is 5.77. The summed E-state index contributed by atoms with van der Waals surface area (Å²) in [6.45, 7) is 3.47. The molecule has 7 heteroatoms. The molecule has 0 heterocycles. The standard InChI is InChI=1S/C21H27NO4S2/c1-15(2)27(23,24)14-18-11-19-8-7-17(10-20(19)12-18)9-16-5-4-6-21(13-16)28(25,26)22-3/h4-8,10,13,15,18,22H,9,11-12,14H2,1-3H3/t18-/m0/s1. The quantitative estimate of drug-likeness (QED) is 0.745. The monoisotopic (exact) mass is 421 g/mol. The van der Waals surface area contributed by atoms with Gasteiger partial charge in [-0.1, -0.05) is 30.3 Å². The summed E-state index contributed by atoms with van der Waals surface area (Å²) in [5, 5.41) is -0.340. The average Bonchev–Trinajstić information content (AvgIpc) is 3.02. The number of sulfone groups is 1. The molecule has 0 bridgehead atoms. The van der Waals surface area contributed by atoms with Gasteiger partial charge in [0.05, 0.1) is 15.9 Å². The van der Waals surface area contributed by atoms with E-state index in [-0.39, 0.29) is 21.8 Å². The van der Waals surface area contributed by atoms with Crippen molar-refractivity contribution in [2.45, 2.75) is 43.3 Å². The summed E-state index contributed by atoms with van der Waals surface area (Å²) >= 11 is 0. The zero-order chi connectivity index (χ0) is 20.5. The van der Waals surface area contributed by atoms with E-state index in [0.29, 0.717) is 6.42 Å². The van der Waals surface area contributed by atoms with Crippen LogP contribution in [0, 0.1) is 5.92 Å². The zero-order valence-corrected chi connectivity index (χ0v) is 18.1. The van der Waals surface area contributed by atoms with Crippen molar-refractivity contribution >= 4 is 19.9 Å². The molecule has 0 aliphatic heterocycles. The lowest BCUT2D eigenvalue weighted by molar-refractivity contribution is 0.556. The van der Waals surface area contributed by atoms with Crippen molar-refractivity contribution < 1.29 is 16.8 Å². The number of nitrogens with one attached hydrogen (secondary N) is 1. The largest absolute Gasteiger partial charge is 0.240 e.